The molecule has 150 valence electrons. The molecular formula is C18H19Cl2N3O5. The molecule has 1 aromatic rings. The van der Waals surface area contributed by atoms with Crippen molar-refractivity contribution in [1.82, 2.24) is 9.88 Å². The van der Waals surface area contributed by atoms with Crippen LogP contribution in [0.2, 0.25) is 10.0 Å². The van der Waals surface area contributed by atoms with Gasteiger partial charge >= 0.3 is 5.97 Å². The SMILES string of the molecule is Cc1c(Cl)cnc(NC(=O)COC(=O)CN2C(=O)C3CCCCC3C2=O)c1Cl. The van der Waals surface area contributed by atoms with Crippen molar-refractivity contribution in [3.8, 4) is 0 Å². The molecule has 1 saturated carbocycles. The topological polar surface area (TPSA) is 106 Å². The predicted octanol–water partition coefficient (Wildman–Crippen LogP) is 2.35. The molecule has 0 bridgehead atoms. The molecule has 2 atom stereocenters. The van der Waals surface area contributed by atoms with Gasteiger partial charge in [-0.05, 0) is 25.3 Å². The zero-order chi connectivity index (χ0) is 20.4. The van der Waals surface area contributed by atoms with E-state index in [1.165, 1.54) is 6.20 Å². The lowest BCUT2D eigenvalue weighted by Crippen LogP contribution is -2.37. The number of hydrogen-bond donors (Lipinski definition) is 1. The third kappa shape index (κ3) is 4.12. The number of carbonyl (C=O) groups is 4. The van der Waals surface area contributed by atoms with E-state index in [1.54, 1.807) is 6.92 Å². The number of imide groups is 1. The first-order valence-electron chi connectivity index (χ1n) is 8.91. The third-order valence-corrected chi connectivity index (χ3v) is 5.89. The zero-order valence-corrected chi connectivity index (χ0v) is 16.7. The molecule has 0 aromatic carbocycles. The third-order valence-electron chi connectivity index (χ3n) is 5.04. The lowest BCUT2D eigenvalue weighted by atomic mass is 9.81. The number of nitrogens with one attached hydrogen (secondary N) is 1. The van der Waals surface area contributed by atoms with Gasteiger partial charge in [0.15, 0.2) is 12.4 Å². The van der Waals surface area contributed by atoms with Gasteiger partial charge in [-0.25, -0.2) is 4.98 Å². The number of likely N-dealkylation sites (tertiary alicyclic amines) is 1. The highest BCUT2D eigenvalue weighted by molar-refractivity contribution is 6.37. The Kier molecular flexibility index (Phi) is 6.20. The van der Waals surface area contributed by atoms with Gasteiger partial charge < -0.3 is 10.1 Å². The predicted molar refractivity (Wildman–Crippen MR) is 101 cm³/mol. The van der Waals surface area contributed by atoms with E-state index >= 15 is 0 Å². The molecule has 3 rings (SSSR count). The Morgan fingerprint density at radius 3 is 2.43 bits per heavy atom. The zero-order valence-electron chi connectivity index (χ0n) is 15.2. The number of carbonyl (C=O) groups excluding carboxylic acids is 4. The van der Waals surface area contributed by atoms with Crippen LogP contribution in [-0.2, 0) is 23.9 Å². The van der Waals surface area contributed by atoms with E-state index in [9.17, 15) is 19.2 Å². The summed E-state index contributed by atoms with van der Waals surface area (Å²) >= 11 is 11.9. The Morgan fingerprint density at radius 2 is 1.82 bits per heavy atom. The van der Waals surface area contributed by atoms with Crippen LogP contribution in [0.4, 0.5) is 5.82 Å². The summed E-state index contributed by atoms with van der Waals surface area (Å²) in [4.78, 5) is 53.5. The summed E-state index contributed by atoms with van der Waals surface area (Å²) in [6.07, 6.45) is 4.47. The summed E-state index contributed by atoms with van der Waals surface area (Å²) < 4.78 is 4.89. The van der Waals surface area contributed by atoms with Crippen molar-refractivity contribution in [2.24, 2.45) is 11.8 Å². The molecule has 1 N–H and O–H groups in total. The molecular weight excluding hydrogens is 409 g/mol. The molecule has 1 saturated heterocycles. The van der Waals surface area contributed by atoms with Gasteiger partial charge in [-0.1, -0.05) is 36.0 Å². The van der Waals surface area contributed by atoms with Crippen molar-refractivity contribution < 1.29 is 23.9 Å². The maximum atomic E-state index is 12.3. The molecule has 2 unspecified atom stereocenters. The lowest BCUT2D eigenvalue weighted by molar-refractivity contribution is -0.154. The quantitative estimate of drug-likeness (QED) is 0.570. The fourth-order valence-corrected chi connectivity index (χ4v) is 3.91. The summed E-state index contributed by atoms with van der Waals surface area (Å²) in [7, 11) is 0. The monoisotopic (exact) mass is 427 g/mol. The Hall–Kier alpha value is -2.19. The minimum absolute atomic E-state index is 0.0959. The number of amides is 3. The molecule has 0 radical (unpaired) electrons. The molecule has 1 aliphatic carbocycles. The fraction of sp³-hybridized carbons (Fsp3) is 0.500. The highest BCUT2D eigenvalue weighted by Crippen LogP contribution is 2.37. The average molecular weight is 428 g/mol. The van der Waals surface area contributed by atoms with Gasteiger partial charge in [0.05, 0.1) is 21.9 Å². The molecule has 28 heavy (non-hydrogen) atoms. The van der Waals surface area contributed by atoms with Crippen LogP contribution < -0.4 is 5.32 Å². The van der Waals surface area contributed by atoms with Crippen LogP contribution in [0.3, 0.4) is 0 Å². The smallest absolute Gasteiger partial charge is 0.326 e. The van der Waals surface area contributed by atoms with Crippen molar-refractivity contribution in [3.05, 3.63) is 21.8 Å². The second-order valence-electron chi connectivity index (χ2n) is 6.86. The van der Waals surface area contributed by atoms with E-state index in [1.807, 2.05) is 0 Å². The maximum absolute atomic E-state index is 12.3. The largest absolute Gasteiger partial charge is 0.454 e. The number of aromatic nitrogens is 1. The second kappa shape index (κ2) is 8.45. The van der Waals surface area contributed by atoms with Crippen LogP contribution >= 0.6 is 23.2 Å². The second-order valence-corrected chi connectivity index (χ2v) is 7.65. The average Bonchev–Trinajstić information content (AvgIpc) is 2.92. The number of hydrogen-bond acceptors (Lipinski definition) is 6. The van der Waals surface area contributed by atoms with E-state index in [4.69, 9.17) is 27.9 Å². The first kappa shape index (κ1) is 20.5. The normalized spacial score (nSPS) is 21.5. The molecule has 1 aromatic heterocycles. The van der Waals surface area contributed by atoms with Gasteiger partial charge in [0, 0.05) is 6.20 Å². The number of esters is 1. The van der Waals surface area contributed by atoms with Crippen molar-refractivity contribution in [3.63, 3.8) is 0 Å². The number of halogens is 2. The maximum Gasteiger partial charge on any atom is 0.326 e. The van der Waals surface area contributed by atoms with Gasteiger partial charge in [0.1, 0.15) is 6.54 Å². The summed E-state index contributed by atoms with van der Waals surface area (Å²) in [5, 5.41) is 2.96. The van der Waals surface area contributed by atoms with E-state index in [0.717, 1.165) is 17.7 Å². The first-order chi connectivity index (χ1) is 13.3. The summed E-state index contributed by atoms with van der Waals surface area (Å²) in [5.41, 5.74) is 0.554. The van der Waals surface area contributed by atoms with Crippen molar-refractivity contribution in [2.75, 3.05) is 18.5 Å². The van der Waals surface area contributed by atoms with Crippen molar-refractivity contribution in [2.45, 2.75) is 32.6 Å². The number of anilines is 1. The van der Waals surface area contributed by atoms with E-state index in [0.29, 0.717) is 23.4 Å². The summed E-state index contributed by atoms with van der Waals surface area (Å²) in [6, 6.07) is 0. The molecule has 0 spiro atoms. The Bertz CT molecular complexity index is 821. The molecule has 2 aliphatic rings. The summed E-state index contributed by atoms with van der Waals surface area (Å²) in [6.45, 7) is 0.586. The standard InChI is InChI=1S/C18H19Cl2N3O5/c1-9-12(19)6-21-16(15(9)20)22-13(24)8-28-14(25)7-23-17(26)10-4-2-3-5-11(10)18(23)27/h6,10-11H,2-5,7-8H2,1H3,(H,21,22,24). The van der Waals surface area contributed by atoms with Crippen LogP contribution in [0, 0.1) is 18.8 Å². The van der Waals surface area contributed by atoms with Gasteiger partial charge in [-0.15, -0.1) is 0 Å². The number of ether oxygens (including phenoxy) is 1. The minimum Gasteiger partial charge on any atom is -0.454 e. The highest BCUT2D eigenvalue weighted by atomic mass is 35.5. The Morgan fingerprint density at radius 1 is 1.21 bits per heavy atom. The minimum atomic E-state index is -0.832. The van der Waals surface area contributed by atoms with Crippen LogP contribution in [-0.4, -0.2) is 46.7 Å². The number of fused-ring (bicyclic) bond motifs is 1. The lowest BCUT2D eigenvalue weighted by Gasteiger charge is -2.19. The molecule has 2 heterocycles. The van der Waals surface area contributed by atoms with E-state index < -0.39 is 25.0 Å². The van der Waals surface area contributed by atoms with Gasteiger partial charge in [0.25, 0.3) is 5.91 Å². The Labute approximate surface area is 171 Å². The van der Waals surface area contributed by atoms with E-state index in [2.05, 4.69) is 10.3 Å². The van der Waals surface area contributed by atoms with Gasteiger partial charge in [0.2, 0.25) is 11.8 Å². The first-order valence-corrected chi connectivity index (χ1v) is 9.66. The molecule has 2 fully saturated rings. The number of rotatable bonds is 5. The van der Waals surface area contributed by atoms with Crippen molar-refractivity contribution >= 4 is 52.7 Å². The van der Waals surface area contributed by atoms with Gasteiger partial charge in [-0.3, -0.25) is 24.1 Å². The Balaban J connectivity index is 1.52. The van der Waals surface area contributed by atoms with Crippen LogP contribution in [0.1, 0.15) is 31.2 Å². The van der Waals surface area contributed by atoms with Crippen LogP contribution in [0.5, 0.6) is 0 Å². The van der Waals surface area contributed by atoms with Crippen LogP contribution in [0.15, 0.2) is 6.20 Å². The molecule has 1 aliphatic heterocycles. The molecule has 3 amide bonds. The number of nitrogens with zero attached hydrogens (tertiary/aromatic N) is 2. The highest BCUT2D eigenvalue weighted by Gasteiger charge is 2.48. The molecule has 10 heteroatoms. The molecule has 8 nitrogen and oxygen atoms in total. The van der Waals surface area contributed by atoms with Crippen molar-refractivity contribution in [1.29, 1.82) is 0 Å². The van der Waals surface area contributed by atoms with Crippen LogP contribution in [0.25, 0.3) is 0 Å². The summed E-state index contributed by atoms with van der Waals surface area (Å²) in [5.74, 6) is -2.72. The van der Waals surface area contributed by atoms with E-state index in [-0.39, 0.29) is 34.5 Å². The number of pyridine rings is 1. The van der Waals surface area contributed by atoms with Gasteiger partial charge in [-0.2, -0.15) is 0 Å². The fourth-order valence-electron chi connectivity index (χ4n) is 3.52.